The van der Waals surface area contributed by atoms with Crippen LogP contribution in [-0.4, -0.2) is 32.9 Å². The van der Waals surface area contributed by atoms with Crippen molar-refractivity contribution in [2.24, 2.45) is 0 Å². The Kier molecular flexibility index (Phi) is 4.96. The molecular weight excluding hydrogens is 372 g/mol. The van der Waals surface area contributed by atoms with Gasteiger partial charge in [-0.25, -0.2) is 9.78 Å². The number of allylic oxidation sites excluding steroid dienone is 3. The number of rotatable bonds is 6. The summed E-state index contributed by atoms with van der Waals surface area (Å²) in [4.78, 5) is 35.5. The first-order valence-electron chi connectivity index (χ1n) is 8.81. The van der Waals surface area contributed by atoms with Gasteiger partial charge in [-0.05, 0) is 30.9 Å². The van der Waals surface area contributed by atoms with Gasteiger partial charge in [0.2, 0.25) is 0 Å². The van der Waals surface area contributed by atoms with E-state index < -0.39 is 26.8 Å². The van der Waals surface area contributed by atoms with E-state index in [9.17, 15) is 22.6 Å². The fourth-order valence-electron chi connectivity index (χ4n) is 3.73. The smallest absolute Gasteiger partial charge is 0.327 e. The summed E-state index contributed by atoms with van der Waals surface area (Å²) in [7, 11) is -4.32. The van der Waals surface area contributed by atoms with E-state index in [1.165, 1.54) is 6.08 Å². The van der Waals surface area contributed by atoms with Crippen LogP contribution >= 0.6 is 0 Å². The molecule has 0 radical (unpaired) electrons. The predicted molar refractivity (Wildman–Crippen MR) is 101 cm³/mol. The number of hydrogen-bond donors (Lipinski definition) is 4. The fourth-order valence-corrected chi connectivity index (χ4v) is 4.51. The molecule has 0 spiro atoms. The van der Waals surface area contributed by atoms with E-state index in [2.05, 4.69) is 19.9 Å². The normalized spacial score (nSPS) is 20.6. The van der Waals surface area contributed by atoms with Crippen molar-refractivity contribution < 1.29 is 13.0 Å². The zero-order valence-electron chi connectivity index (χ0n) is 15.1. The number of nitrogens with zero attached hydrogens (tertiary/aromatic N) is 1. The Hall–Kier alpha value is -2.46. The maximum Gasteiger partial charge on any atom is 0.327 e. The lowest BCUT2D eigenvalue weighted by molar-refractivity contribution is 0.441. The van der Waals surface area contributed by atoms with E-state index in [-0.39, 0.29) is 16.1 Å². The average Bonchev–Trinajstić information content (AvgIpc) is 2.99. The molecule has 4 N–H and O–H groups in total. The molecule has 0 saturated carbocycles. The van der Waals surface area contributed by atoms with Gasteiger partial charge in [0, 0.05) is 0 Å². The Bertz CT molecular complexity index is 1150. The highest BCUT2D eigenvalue weighted by atomic mass is 32.2. The van der Waals surface area contributed by atoms with E-state index in [0.29, 0.717) is 30.7 Å². The number of imidazole rings is 1. The number of aromatic nitrogens is 4. The molecule has 0 aromatic carbocycles. The van der Waals surface area contributed by atoms with E-state index >= 15 is 0 Å². The van der Waals surface area contributed by atoms with Gasteiger partial charge in [-0.1, -0.05) is 32.8 Å². The van der Waals surface area contributed by atoms with Crippen LogP contribution in [0.25, 0.3) is 11.2 Å². The SMILES string of the molecule is CCCC1=C(S(=O)(=O)O)C=CC(CCC)(c2nc3[nH]c(=O)[nH]c(=O)c3[nH]2)C1. The van der Waals surface area contributed by atoms with Crippen molar-refractivity contribution in [1.82, 2.24) is 19.9 Å². The van der Waals surface area contributed by atoms with Gasteiger partial charge in [0.25, 0.3) is 15.7 Å². The van der Waals surface area contributed by atoms with Crippen molar-refractivity contribution >= 4 is 21.3 Å². The fraction of sp³-hybridized carbons (Fsp3) is 0.471. The number of fused-ring (bicyclic) bond motifs is 1. The zero-order valence-corrected chi connectivity index (χ0v) is 15.9. The minimum absolute atomic E-state index is 0.0709. The molecule has 9 nitrogen and oxygen atoms in total. The summed E-state index contributed by atoms with van der Waals surface area (Å²) in [6.45, 7) is 3.92. The highest BCUT2D eigenvalue weighted by Crippen LogP contribution is 2.42. The Morgan fingerprint density at radius 2 is 1.93 bits per heavy atom. The molecule has 2 heterocycles. The van der Waals surface area contributed by atoms with Gasteiger partial charge in [-0.3, -0.25) is 19.3 Å². The topological polar surface area (TPSA) is 149 Å². The highest BCUT2D eigenvalue weighted by molar-refractivity contribution is 7.90. The van der Waals surface area contributed by atoms with Gasteiger partial charge < -0.3 is 4.98 Å². The number of H-pyrrole nitrogens is 3. The van der Waals surface area contributed by atoms with Crippen molar-refractivity contribution in [1.29, 1.82) is 0 Å². The maximum atomic E-state index is 12.0. The summed E-state index contributed by atoms with van der Waals surface area (Å²) in [6.07, 6.45) is 6.15. The summed E-state index contributed by atoms with van der Waals surface area (Å²) < 4.78 is 33.0. The average molecular weight is 394 g/mol. The predicted octanol–water partition coefficient (Wildman–Crippen LogP) is 1.88. The Morgan fingerprint density at radius 1 is 1.19 bits per heavy atom. The van der Waals surface area contributed by atoms with E-state index in [1.54, 1.807) is 6.08 Å². The number of hydrogen-bond acceptors (Lipinski definition) is 5. The summed E-state index contributed by atoms with van der Waals surface area (Å²) in [5.74, 6) is 0.478. The number of nitrogens with one attached hydrogen (secondary N) is 3. The van der Waals surface area contributed by atoms with Crippen molar-refractivity contribution in [2.75, 3.05) is 0 Å². The third-order valence-electron chi connectivity index (χ3n) is 4.82. The molecule has 2 aromatic heterocycles. The van der Waals surface area contributed by atoms with Crippen molar-refractivity contribution in [2.45, 2.75) is 51.4 Å². The molecule has 1 aliphatic carbocycles. The van der Waals surface area contributed by atoms with Crippen LogP contribution in [0.2, 0.25) is 0 Å². The van der Waals surface area contributed by atoms with Gasteiger partial charge in [-0.15, -0.1) is 0 Å². The highest BCUT2D eigenvalue weighted by Gasteiger charge is 2.38. The Balaban J connectivity index is 2.18. The molecule has 3 rings (SSSR count). The summed E-state index contributed by atoms with van der Waals surface area (Å²) in [6, 6.07) is 0. The van der Waals surface area contributed by atoms with Gasteiger partial charge in [0.1, 0.15) is 11.3 Å². The Morgan fingerprint density at radius 3 is 2.56 bits per heavy atom. The van der Waals surface area contributed by atoms with Crippen LogP contribution in [-0.2, 0) is 15.5 Å². The molecule has 1 aliphatic rings. The number of aromatic amines is 3. The molecule has 0 saturated heterocycles. The molecular formula is C17H22N4O5S. The largest absolute Gasteiger partial charge is 0.335 e. The summed E-state index contributed by atoms with van der Waals surface area (Å²) in [5.41, 5.74) is -0.926. The van der Waals surface area contributed by atoms with Crippen LogP contribution in [0.5, 0.6) is 0 Å². The monoisotopic (exact) mass is 394 g/mol. The first-order valence-corrected chi connectivity index (χ1v) is 10.3. The quantitative estimate of drug-likeness (QED) is 0.550. The minimum Gasteiger partial charge on any atom is -0.335 e. The lowest BCUT2D eigenvalue weighted by Gasteiger charge is -2.33. The molecule has 0 aliphatic heterocycles. The van der Waals surface area contributed by atoms with Crippen LogP contribution in [0.1, 0.15) is 51.8 Å². The molecule has 1 atom stereocenters. The molecule has 2 aromatic rings. The van der Waals surface area contributed by atoms with E-state index in [1.807, 2.05) is 13.8 Å². The lowest BCUT2D eigenvalue weighted by atomic mass is 9.73. The van der Waals surface area contributed by atoms with E-state index in [4.69, 9.17) is 0 Å². The van der Waals surface area contributed by atoms with Crippen molar-refractivity contribution in [3.8, 4) is 0 Å². The summed E-state index contributed by atoms with van der Waals surface area (Å²) >= 11 is 0. The first kappa shape index (κ1) is 19.3. The summed E-state index contributed by atoms with van der Waals surface area (Å²) in [5, 5.41) is 0. The zero-order chi connectivity index (χ0) is 19.8. The second-order valence-electron chi connectivity index (χ2n) is 6.83. The molecule has 27 heavy (non-hydrogen) atoms. The van der Waals surface area contributed by atoms with Gasteiger partial charge >= 0.3 is 5.69 Å². The van der Waals surface area contributed by atoms with Crippen molar-refractivity contribution in [3.63, 3.8) is 0 Å². The van der Waals surface area contributed by atoms with Crippen LogP contribution < -0.4 is 11.2 Å². The second-order valence-corrected chi connectivity index (χ2v) is 8.22. The standard InChI is InChI=1S/C17H22N4O5S/c1-3-5-10-9-17(7-4-2,8-6-11(10)27(24,25)26)15-18-12-13(19-15)20-16(23)21-14(12)22/h6,8H,3-5,7,9H2,1-2H3,(H,24,25,26)(H3,18,19,20,21,22,23). The van der Waals surface area contributed by atoms with Crippen molar-refractivity contribution in [3.05, 3.63) is 49.3 Å². The molecule has 1 unspecified atom stereocenters. The third-order valence-corrected chi connectivity index (χ3v) is 5.80. The molecule has 10 heteroatoms. The Labute approximate surface area is 155 Å². The third kappa shape index (κ3) is 3.54. The molecule has 146 valence electrons. The van der Waals surface area contributed by atoms with Gasteiger partial charge in [0.05, 0.1) is 10.3 Å². The van der Waals surface area contributed by atoms with Crippen LogP contribution in [0.15, 0.2) is 32.2 Å². The van der Waals surface area contributed by atoms with E-state index in [0.717, 1.165) is 12.8 Å². The second kappa shape index (κ2) is 6.93. The minimum atomic E-state index is -4.32. The lowest BCUT2D eigenvalue weighted by Crippen LogP contribution is -2.29. The van der Waals surface area contributed by atoms with Gasteiger partial charge in [-0.2, -0.15) is 8.42 Å². The van der Waals surface area contributed by atoms with Crippen LogP contribution in [0.3, 0.4) is 0 Å². The van der Waals surface area contributed by atoms with Gasteiger partial charge in [0.15, 0.2) is 5.65 Å². The molecule has 0 amide bonds. The maximum absolute atomic E-state index is 12.0. The molecule has 0 bridgehead atoms. The molecule has 0 fully saturated rings. The van der Waals surface area contributed by atoms with Crippen LogP contribution in [0, 0.1) is 0 Å². The van der Waals surface area contributed by atoms with Crippen LogP contribution in [0.4, 0.5) is 0 Å². The first-order chi connectivity index (χ1) is 12.7.